The lowest BCUT2D eigenvalue weighted by molar-refractivity contribution is 0.339. The Morgan fingerprint density at radius 1 is 1.28 bits per heavy atom. The molecule has 0 fully saturated rings. The Kier molecular flexibility index (Phi) is 2.34. The Labute approximate surface area is 103 Å². The molecule has 3 aromatic rings. The normalized spacial score (nSPS) is 10.7. The Bertz CT molecular complexity index is 770. The highest BCUT2D eigenvalue weighted by Crippen LogP contribution is 2.26. The molecule has 18 heavy (non-hydrogen) atoms. The first-order valence-corrected chi connectivity index (χ1v) is 5.62. The second-order valence-electron chi connectivity index (χ2n) is 3.85. The van der Waals surface area contributed by atoms with Gasteiger partial charge in [-0.05, 0) is 19.1 Å². The number of pyridine rings is 2. The highest BCUT2D eigenvalue weighted by atomic mass is 16.5. The zero-order valence-electron chi connectivity index (χ0n) is 9.77. The number of hydrogen-bond donors (Lipinski definition) is 1. The van der Waals surface area contributed by atoms with E-state index in [4.69, 9.17) is 10.00 Å². The molecule has 3 aromatic heterocycles. The minimum absolute atomic E-state index is 0.394. The van der Waals surface area contributed by atoms with Gasteiger partial charge in [-0.3, -0.25) is 0 Å². The van der Waals surface area contributed by atoms with Crippen molar-refractivity contribution < 1.29 is 4.74 Å². The molecule has 0 bridgehead atoms. The van der Waals surface area contributed by atoms with Gasteiger partial charge < -0.3 is 9.72 Å². The van der Waals surface area contributed by atoms with E-state index in [2.05, 4.69) is 15.0 Å². The molecule has 0 aliphatic carbocycles. The molecular weight excluding hydrogens is 228 g/mol. The number of nitrogens with one attached hydrogen (secondary N) is 1. The highest BCUT2D eigenvalue weighted by molar-refractivity contribution is 6.06. The van der Waals surface area contributed by atoms with Gasteiger partial charge >= 0.3 is 0 Å². The molecule has 5 nitrogen and oxygen atoms in total. The fourth-order valence-corrected chi connectivity index (χ4v) is 1.96. The van der Waals surface area contributed by atoms with Crippen LogP contribution in [0.15, 0.2) is 24.5 Å². The lowest BCUT2D eigenvalue weighted by Crippen LogP contribution is -1.91. The van der Waals surface area contributed by atoms with E-state index in [0.29, 0.717) is 12.3 Å². The molecule has 0 aromatic carbocycles. The number of aromatic nitrogens is 3. The van der Waals surface area contributed by atoms with Crippen LogP contribution in [0.5, 0.6) is 5.75 Å². The van der Waals surface area contributed by atoms with Gasteiger partial charge in [-0.1, -0.05) is 0 Å². The lowest BCUT2D eigenvalue weighted by atomic mass is 10.2. The summed E-state index contributed by atoms with van der Waals surface area (Å²) in [5.41, 5.74) is 2.03. The van der Waals surface area contributed by atoms with Gasteiger partial charge in [0, 0.05) is 10.8 Å². The van der Waals surface area contributed by atoms with Gasteiger partial charge in [-0.25, -0.2) is 9.97 Å². The number of nitrogens with zero attached hydrogens (tertiary/aromatic N) is 3. The van der Waals surface area contributed by atoms with E-state index in [9.17, 15) is 0 Å². The highest BCUT2D eigenvalue weighted by Gasteiger charge is 2.08. The van der Waals surface area contributed by atoms with Crippen molar-refractivity contribution in [3.05, 3.63) is 30.2 Å². The molecule has 0 unspecified atom stereocenters. The first-order valence-electron chi connectivity index (χ1n) is 5.62. The van der Waals surface area contributed by atoms with Crippen LogP contribution >= 0.6 is 0 Å². The van der Waals surface area contributed by atoms with Crippen molar-refractivity contribution in [3.63, 3.8) is 0 Å². The van der Waals surface area contributed by atoms with Crippen molar-refractivity contribution in [2.75, 3.05) is 6.61 Å². The molecule has 5 heteroatoms. The smallest absolute Gasteiger partial charge is 0.141 e. The van der Waals surface area contributed by atoms with Gasteiger partial charge in [-0.2, -0.15) is 5.26 Å². The van der Waals surface area contributed by atoms with Crippen LogP contribution in [0.3, 0.4) is 0 Å². The fourth-order valence-electron chi connectivity index (χ4n) is 1.96. The third-order valence-electron chi connectivity index (χ3n) is 2.74. The maximum Gasteiger partial charge on any atom is 0.141 e. The van der Waals surface area contributed by atoms with Crippen LogP contribution in [-0.2, 0) is 0 Å². The predicted octanol–water partition coefficient (Wildman–Crippen LogP) is 2.38. The minimum Gasteiger partial charge on any atom is -0.492 e. The zero-order valence-corrected chi connectivity index (χ0v) is 9.77. The Balaban J connectivity index is 2.31. The molecule has 0 amide bonds. The van der Waals surface area contributed by atoms with Gasteiger partial charge in [0.05, 0.1) is 24.5 Å². The predicted molar refractivity (Wildman–Crippen MR) is 67.3 cm³/mol. The number of hydrogen-bond acceptors (Lipinski definition) is 4. The molecule has 1 N–H and O–H groups in total. The van der Waals surface area contributed by atoms with Crippen LogP contribution in [0.25, 0.3) is 21.9 Å². The topological polar surface area (TPSA) is 74.6 Å². The molecule has 3 rings (SSSR count). The Morgan fingerprint density at radius 2 is 2.17 bits per heavy atom. The molecule has 88 valence electrons. The van der Waals surface area contributed by atoms with Crippen LogP contribution in [0.2, 0.25) is 0 Å². The zero-order chi connectivity index (χ0) is 12.5. The van der Waals surface area contributed by atoms with Crippen LogP contribution in [0.1, 0.15) is 12.6 Å². The van der Waals surface area contributed by atoms with Crippen molar-refractivity contribution in [2.45, 2.75) is 6.92 Å². The fraction of sp³-hybridized carbons (Fsp3) is 0.154. The minimum atomic E-state index is 0.394. The largest absolute Gasteiger partial charge is 0.492 e. The van der Waals surface area contributed by atoms with E-state index in [1.807, 2.05) is 19.1 Å². The van der Waals surface area contributed by atoms with E-state index in [-0.39, 0.29) is 0 Å². The molecule has 3 heterocycles. The van der Waals surface area contributed by atoms with Gasteiger partial charge in [0.1, 0.15) is 23.2 Å². The molecule has 0 saturated heterocycles. The van der Waals surface area contributed by atoms with Crippen LogP contribution < -0.4 is 4.74 Å². The summed E-state index contributed by atoms with van der Waals surface area (Å²) in [6, 6.07) is 5.71. The second-order valence-corrected chi connectivity index (χ2v) is 3.85. The second kappa shape index (κ2) is 4.00. The van der Waals surface area contributed by atoms with Gasteiger partial charge in [-0.15, -0.1) is 0 Å². The number of nitriles is 1. The lowest BCUT2D eigenvalue weighted by Gasteiger charge is -2.01. The first-order chi connectivity index (χ1) is 8.81. The van der Waals surface area contributed by atoms with E-state index < -0.39 is 0 Å². The van der Waals surface area contributed by atoms with Crippen molar-refractivity contribution in [1.82, 2.24) is 15.0 Å². The van der Waals surface area contributed by atoms with Crippen molar-refractivity contribution in [2.24, 2.45) is 0 Å². The van der Waals surface area contributed by atoms with Crippen LogP contribution in [-0.4, -0.2) is 21.6 Å². The summed E-state index contributed by atoms with van der Waals surface area (Å²) in [5, 5.41) is 10.8. The van der Waals surface area contributed by atoms with Crippen molar-refractivity contribution in [1.29, 1.82) is 5.26 Å². The summed E-state index contributed by atoms with van der Waals surface area (Å²) in [6.07, 6.45) is 3.33. The van der Waals surface area contributed by atoms with Gasteiger partial charge in [0.25, 0.3) is 0 Å². The summed E-state index contributed by atoms with van der Waals surface area (Å²) < 4.78 is 5.43. The molecule has 0 aliphatic heterocycles. The van der Waals surface area contributed by atoms with E-state index in [1.54, 1.807) is 18.5 Å². The SMILES string of the molecule is CCOc1cnc2[nH]c3cnc(C#N)cc3c2c1. The number of H-pyrrole nitrogens is 1. The summed E-state index contributed by atoms with van der Waals surface area (Å²) in [5.74, 6) is 0.723. The third-order valence-corrected chi connectivity index (χ3v) is 2.74. The van der Waals surface area contributed by atoms with E-state index >= 15 is 0 Å². The molecule has 0 spiro atoms. The molecule has 0 atom stereocenters. The third kappa shape index (κ3) is 1.55. The van der Waals surface area contributed by atoms with Crippen molar-refractivity contribution in [3.8, 4) is 11.8 Å². The summed E-state index contributed by atoms with van der Waals surface area (Å²) >= 11 is 0. The number of ether oxygens (including phenoxy) is 1. The maximum absolute atomic E-state index is 8.88. The summed E-state index contributed by atoms with van der Waals surface area (Å²) in [4.78, 5) is 11.5. The number of rotatable bonds is 2. The molecular formula is C13H10N4O. The molecule has 0 saturated carbocycles. The maximum atomic E-state index is 8.88. The first kappa shape index (κ1) is 10.5. The van der Waals surface area contributed by atoms with Crippen molar-refractivity contribution >= 4 is 21.9 Å². The average molecular weight is 238 g/mol. The van der Waals surface area contributed by atoms with Gasteiger partial charge in [0.2, 0.25) is 0 Å². The van der Waals surface area contributed by atoms with Crippen LogP contribution in [0, 0.1) is 11.3 Å². The Hall–Kier alpha value is -2.61. The van der Waals surface area contributed by atoms with E-state index in [1.165, 1.54) is 0 Å². The monoisotopic (exact) mass is 238 g/mol. The summed E-state index contributed by atoms with van der Waals surface area (Å²) in [6.45, 7) is 2.53. The number of aromatic amines is 1. The molecule has 0 aliphatic rings. The number of fused-ring (bicyclic) bond motifs is 3. The van der Waals surface area contributed by atoms with Crippen LogP contribution in [0.4, 0.5) is 0 Å². The standard InChI is InChI=1S/C13H10N4O/c1-2-18-9-4-11-10-3-8(5-14)15-7-12(10)17-13(11)16-6-9/h3-4,6-7H,2H2,1H3,(H,16,17). The van der Waals surface area contributed by atoms with E-state index in [0.717, 1.165) is 27.7 Å². The molecule has 0 radical (unpaired) electrons. The average Bonchev–Trinajstić information content (AvgIpc) is 2.76. The summed E-state index contributed by atoms with van der Waals surface area (Å²) in [7, 11) is 0. The Morgan fingerprint density at radius 3 is 2.94 bits per heavy atom. The van der Waals surface area contributed by atoms with Gasteiger partial charge in [0.15, 0.2) is 0 Å². The quantitative estimate of drug-likeness (QED) is 0.743.